The van der Waals surface area contributed by atoms with E-state index < -0.39 is 0 Å². The summed E-state index contributed by atoms with van der Waals surface area (Å²) in [6, 6.07) is 76.3. The Morgan fingerprint density at radius 2 is 0.774 bits per heavy atom. The Bertz CT molecular complexity index is 3610. The fourth-order valence-corrected chi connectivity index (χ4v) is 8.82. The van der Waals surface area contributed by atoms with Gasteiger partial charge in [0.05, 0.1) is 16.7 Å². The molecule has 0 atom stereocenters. The molecule has 0 radical (unpaired) electrons. The monoisotopic (exact) mass is 792 g/mol. The predicted octanol–water partition coefficient (Wildman–Crippen LogP) is 14.9. The summed E-state index contributed by atoms with van der Waals surface area (Å²) in [5.74, 6) is 1.79. The maximum Gasteiger partial charge on any atom is 0.164 e. The molecule has 5 nitrogen and oxygen atoms in total. The second-order valence-corrected chi connectivity index (χ2v) is 15.6. The zero-order valence-electron chi connectivity index (χ0n) is 33.5. The smallest absolute Gasteiger partial charge is 0.164 e. The predicted molar refractivity (Wildman–Crippen MR) is 254 cm³/mol. The molecule has 290 valence electrons. The zero-order chi connectivity index (χ0) is 41.0. The number of furan rings is 1. The summed E-state index contributed by atoms with van der Waals surface area (Å²) in [5.41, 5.74) is 14.4. The molecule has 12 rings (SSSR count). The van der Waals surface area contributed by atoms with Gasteiger partial charge in [0.15, 0.2) is 23.1 Å². The molecule has 9 aromatic carbocycles. The maximum atomic E-state index is 6.98. The normalized spacial score (nSPS) is 11.5. The van der Waals surface area contributed by atoms with Crippen molar-refractivity contribution >= 4 is 43.7 Å². The number of hydrogen-bond donors (Lipinski definition) is 0. The number of nitrogens with zero attached hydrogens (tertiary/aromatic N) is 4. The van der Waals surface area contributed by atoms with Crippen LogP contribution in [-0.4, -0.2) is 19.5 Å². The highest BCUT2D eigenvalue weighted by Gasteiger charge is 2.20. The van der Waals surface area contributed by atoms with Gasteiger partial charge in [0, 0.05) is 38.2 Å². The molecule has 0 unspecified atom stereocenters. The van der Waals surface area contributed by atoms with Crippen LogP contribution in [0.25, 0.3) is 117 Å². The topological polar surface area (TPSA) is 56.7 Å². The van der Waals surface area contributed by atoms with Crippen LogP contribution >= 0.6 is 0 Å². The molecule has 0 aliphatic rings. The summed E-state index contributed by atoms with van der Waals surface area (Å²) >= 11 is 0. The van der Waals surface area contributed by atoms with E-state index in [9.17, 15) is 0 Å². The van der Waals surface area contributed by atoms with Gasteiger partial charge in [0.1, 0.15) is 5.58 Å². The molecule has 3 aromatic heterocycles. The molecular formula is C57H36N4O. The van der Waals surface area contributed by atoms with Crippen molar-refractivity contribution in [3.8, 4) is 73.2 Å². The number of rotatable bonds is 7. The quantitative estimate of drug-likeness (QED) is 0.161. The van der Waals surface area contributed by atoms with Gasteiger partial charge in [-0.1, -0.05) is 176 Å². The van der Waals surface area contributed by atoms with E-state index in [0.29, 0.717) is 17.5 Å². The molecular weight excluding hydrogens is 757 g/mol. The van der Waals surface area contributed by atoms with Gasteiger partial charge in [0.25, 0.3) is 0 Å². The summed E-state index contributed by atoms with van der Waals surface area (Å²) in [4.78, 5) is 15.2. The van der Waals surface area contributed by atoms with E-state index in [-0.39, 0.29) is 0 Å². The second-order valence-electron chi connectivity index (χ2n) is 15.6. The molecule has 0 saturated heterocycles. The molecule has 0 N–H and O–H groups in total. The SMILES string of the molecule is c1ccc(-c2cccc(-c3nc(-c4ccccc4)nc(-c4ccc5c(c4)oc4c(-n6c7ccc(-c8ccccc8)cc7c7ccc(-c8ccccc8)cc76)cccc45)n3)c2)cc1. The first-order valence-corrected chi connectivity index (χ1v) is 20.8. The van der Waals surface area contributed by atoms with Crippen molar-refractivity contribution in [3.05, 3.63) is 218 Å². The third kappa shape index (κ3) is 6.14. The lowest BCUT2D eigenvalue weighted by molar-refractivity contribution is 0.666. The number of para-hydroxylation sites is 1. The van der Waals surface area contributed by atoms with E-state index in [1.54, 1.807) is 0 Å². The minimum absolute atomic E-state index is 0.576. The summed E-state index contributed by atoms with van der Waals surface area (Å²) in [6.45, 7) is 0. The van der Waals surface area contributed by atoms with Crippen LogP contribution in [0.15, 0.2) is 223 Å². The van der Waals surface area contributed by atoms with Crippen LogP contribution in [-0.2, 0) is 0 Å². The molecule has 5 heteroatoms. The molecule has 0 amide bonds. The fraction of sp³-hybridized carbons (Fsp3) is 0. The molecule has 12 aromatic rings. The maximum absolute atomic E-state index is 6.98. The van der Waals surface area contributed by atoms with E-state index in [1.165, 1.54) is 27.5 Å². The van der Waals surface area contributed by atoms with Gasteiger partial charge < -0.3 is 8.98 Å². The lowest BCUT2D eigenvalue weighted by Gasteiger charge is -2.10. The Labute approximate surface area is 357 Å². The molecule has 0 aliphatic heterocycles. The summed E-state index contributed by atoms with van der Waals surface area (Å²) in [7, 11) is 0. The van der Waals surface area contributed by atoms with Crippen molar-refractivity contribution in [2.45, 2.75) is 0 Å². The first kappa shape index (κ1) is 35.5. The Morgan fingerprint density at radius 3 is 1.44 bits per heavy atom. The van der Waals surface area contributed by atoms with Crippen molar-refractivity contribution in [1.82, 2.24) is 19.5 Å². The fourth-order valence-electron chi connectivity index (χ4n) is 8.82. The van der Waals surface area contributed by atoms with Crippen LogP contribution in [0, 0.1) is 0 Å². The number of hydrogen-bond acceptors (Lipinski definition) is 4. The van der Waals surface area contributed by atoms with Crippen LogP contribution in [0.3, 0.4) is 0 Å². The summed E-state index contributed by atoms with van der Waals surface area (Å²) in [5, 5.41) is 4.43. The van der Waals surface area contributed by atoms with Crippen LogP contribution in [0.5, 0.6) is 0 Å². The molecule has 0 fully saturated rings. The number of aromatic nitrogens is 4. The van der Waals surface area contributed by atoms with Crippen LogP contribution in [0.1, 0.15) is 0 Å². The van der Waals surface area contributed by atoms with E-state index in [1.807, 2.05) is 36.4 Å². The standard InChI is InChI=1S/C57H36N4O/c1-5-15-37(16-6-1)41-23-13-24-44(33-41)56-58-55(40-21-11-4-12-22-40)59-57(60-56)45-28-31-47-48-25-14-26-51(54(48)62-53(47)36-45)61-50-32-29-42(38-17-7-2-8-18-38)34-49(50)46-30-27-43(35-52(46)61)39-19-9-3-10-20-39/h1-36H. The highest BCUT2D eigenvalue weighted by Crippen LogP contribution is 2.41. The van der Waals surface area contributed by atoms with Crippen molar-refractivity contribution in [1.29, 1.82) is 0 Å². The molecule has 0 saturated carbocycles. The van der Waals surface area contributed by atoms with E-state index >= 15 is 0 Å². The third-order valence-electron chi connectivity index (χ3n) is 11.9. The van der Waals surface area contributed by atoms with Crippen LogP contribution in [0.4, 0.5) is 0 Å². The van der Waals surface area contributed by atoms with Crippen molar-refractivity contribution < 1.29 is 4.42 Å². The van der Waals surface area contributed by atoms with E-state index in [2.05, 4.69) is 187 Å². The van der Waals surface area contributed by atoms with Gasteiger partial charge in [-0.05, 0) is 75.8 Å². The van der Waals surface area contributed by atoms with Crippen molar-refractivity contribution in [2.24, 2.45) is 0 Å². The Balaban J connectivity index is 1.03. The van der Waals surface area contributed by atoms with Crippen molar-refractivity contribution in [3.63, 3.8) is 0 Å². The lowest BCUT2D eigenvalue weighted by atomic mass is 10.0. The van der Waals surface area contributed by atoms with Gasteiger partial charge in [0.2, 0.25) is 0 Å². The van der Waals surface area contributed by atoms with E-state index in [4.69, 9.17) is 19.4 Å². The minimum Gasteiger partial charge on any atom is -0.454 e. The largest absolute Gasteiger partial charge is 0.454 e. The summed E-state index contributed by atoms with van der Waals surface area (Å²) < 4.78 is 9.34. The van der Waals surface area contributed by atoms with Crippen molar-refractivity contribution in [2.75, 3.05) is 0 Å². The number of benzene rings is 9. The molecule has 0 bridgehead atoms. The summed E-state index contributed by atoms with van der Waals surface area (Å²) in [6.07, 6.45) is 0. The Hall–Kier alpha value is -8.41. The van der Waals surface area contributed by atoms with Gasteiger partial charge in [-0.15, -0.1) is 0 Å². The number of fused-ring (bicyclic) bond motifs is 6. The molecule has 0 spiro atoms. The average molecular weight is 793 g/mol. The molecule has 62 heavy (non-hydrogen) atoms. The Morgan fingerprint density at radius 1 is 0.290 bits per heavy atom. The van der Waals surface area contributed by atoms with Gasteiger partial charge in [-0.3, -0.25) is 0 Å². The Kier molecular flexibility index (Phi) is 8.42. The van der Waals surface area contributed by atoms with E-state index in [0.717, 1.165) is 72.0 Å². The van der Waals surface area contributed by atoms with Gasteiger partial charge >= 0.3 is 0 Å². The highest BCUT2D eigenvalue weighted by molar-refractivity contribution is 6.14. The van der Waals surface area contributed by atoms with Crippen LogP contribution in [0.2, 0.25) is 0 Å². The minimum atomic E-state index is 0.576. The molecule has 0 aliphatic carbocycles. The zero-order valence-corrected chi connectivity index (χ0v) is 33.5. The van der Waals surface area contributed by atoms with Gasteiger partial charge in [-0.25, -0.2) is 15.0 Å². The second kappa shape index (κ2) is 14.7. The molecule has 3 heterocycles. The third-order valence-corrected chi connectivity index (χ3v) is 11.9. The van der Waals surface area contributed by atoms with Crippen LogP contribution < -0.4 is 0 Å². The highest BCUT2D eigenvalue weighted by atomic mass is 16.3. The first-order valence-electron chi connectivity index (χ1n) is 20.8. The average Bonchev–Trinajstić information content (AvgIpc) is 3.90. The van der Waals surface area contributed by atoms with Gasteiger partial charge in [-0.2, -0.15) is 0 Å². The lowest BCUT2D eigenvalue weighted by Crippen LogP contribution is -2.00. The first-order chi connectivity index (χ1) is 30.7.